The Morgan fingerprint density at radius 2 is 1.64 bits per heavy atom. The van der Waals surface area contributed by atoms with Gasteiger partial charge < -0.3 is 15.2 Å². The van der Waals surface area contributed by atoms with Crippen molar-refractivity contribution >= 4 is 18.3 Å². The van der Waals surface area contributed by atoms with Crippen molar-refractivity contribution in [3.63, 3.8) is 0 Å². The maximum absolute atomic E-state index is 13.9. The molecular weight excluding hydrogens is 517 g/mol. The van der Waals surface area contributed by atoms with Gasteiger partial charge in [0.1, 0.15) is 11.6 Å². The Bertz CT molecular complexity index is 1260. The summed E-state index contributed by atoms with van der Waals surface area (Å²) in [6.07, 6.45) is -5.29. The first-order chi connectivity index (χ1) is 16.4. The van der Waals surface area contributed by atoms with Crippen molar-refractivity contribution in [2.45, 2.75) is 38.1 Å². The Kier molecular flexibility index (Phi) is 7.99. The molecule has 1 aromatic heterocycles. The quantitative estimate of drug-likeness (QED) is 0.375. The van der Waals surface area contributed by atoms with Gasteiger partial charge in [0.05, 0.1) is 17.9 Å². The van der Waals surface area contributed by atoms with Crippen molar-refractivity contribution in [3.05, 3.63) is 76.7 Å². The Morgan fingerprint density at radius 3 is 2.28 bits per heavy atom. The number of aromatic nitrogens is 2. The molecule has 0 spiro atoms. The van der Waals surface area contributed by atoms with E-state index in [1.165, 1.54) is 17.0 Å². The van der Waals surface area contributed by atoms with Gasteiger partial charge in [0.25, 0.3) is 0 Å². The fraction of sp³-hybridized carbons (Fsp3) is 0.304. The minimum Gasteiger partial charge on any atom is -0.335 e. The third kappa shape index (κ3) is 5.65. The summed E-state index contributed by atoms with van der Waals surface area (Å²) < 4.78 is 95.4. The molecule has 1 amide bonds. The van der Waals surface area contributed by atoms with Gasteiger partial charge in [-0.25, -0.2) is 22.5 Å². The van der Waals surface area contributed by atoms with E-state index in [4.69, 9.17) is 5.73 Å². The molecule has 0 aliphatic carbocycles. The fourth-order valence-electron chi connectivity index (χ4n) is 4.06. The molecule has 2 N–H and O–H groups in total. The van der Waals surface area contributed by atoms with Gasteiger partial charge in [-0.15, -0.1) is 12.4 Å². The summed E-state index contributed by atoms with van der Waals surface area (Å²) in [4.78, 5) is 17.9. The summed E-state index contributed by atoms with van der Waals surface area (Å²) in [5.74, 6) is -5.80. The Morgan fingerprint density at radius 1 is 1.00 bits per heavy atom. The van der Waals surface area contributed by atoms with E-state index in [-0.39, 0.29) is 67.4 Å². The Hall–Kier alpha value is -3.12. The molecule has 0 unspecified atom stereocenters. The maximum Gasteiger partial charge on any atom is 0.449 e. The summed E-state index contributed by atoms with van der Waals surface area (Å²) >= 11 is 0. The number of fused-ring (bicyclic) bond motifs is 1. The van der Waals surface area contributed by atoms with Crippen LogP contribution in [-0.4, -0.2) is 32.9 Å². The molecular formula is C23H20ClF7N4O. The first-order valence-corrected chi connectivity index (χ1v) is 10.5. The smallest absolute Gasteiger partial charge is 0.335 e. The SMILES string of the molecule is Cl.N[C@@H](CC(=O)N1CCn2c(C(F)(F)F)nc(-c3ccc(F)cc3)c2C1)Cc1cc(F)c(F)cc1F. The number of imidazole rings is 1. The van der Waals surface area contributed by atoms with Crippen molar-refractivity contribution in [3.8, 4) is 11.3 Å². The standard InChI is InChI=1S/C23H19F7N4O.ClH/c24-14-3-1-12(2-4-14)21-19-11-33(5-6-34(19)22(32-21)23(28,29)30)20(35)9-15(31)7-13-8-17(26)18(27)10-16(13)25;/h1-4,8,10,15H,5-7,9,11,31H2;1H/t15-;/m1./s1. The van der Waals surface area contributed by atoms with Gasteiger partial charge in [0.15, 0.2) is 11.6 Å². The van der Waals surface area contributed by atoms with Gasteiger partial charge in [0.2, 0.25) is 11.7 Å². The summed E-state index contributed by atoms with van der Waals surface area (Å²) in [5.41, 5.74) is 6.09. The topological polar surface area (TPSA) is 64.2 Å². The number of nitrogens with two attached hydrogens (primary N) is 1. The van der Waals surface area contributed by atoms with Crippen LogP contribution in [0.1, 0.15) is 23.5 Å². The minimum absolute atomic E-state index is 0. The number of amides is 1. The zero-order valence-electron chi connectivity index (χ0n) is 18.5. The maximum atomic E-state index is 13.9. The lowest BCUT2D eigenvalue weighted by molar-refractivity contribution is -0.148. The number of carbonyl (C=O) groups is 1. The predicted octanol–water partition coefficient (Wildman–Crippen LogP) is 4.85. The van der Waals surface area contributed by atoms with Gasteiger partial charge in [0, 0.05) is 37.2 Å². The summed E-state index contributed by atoms with van der Waals surface area (Å²) in [6.45, 7) is -0.446. The second-order valence-corrected chi connectivity index (χ2v) is 8.23. The van der Waals surface area contributed by atoms with Crippen LogP contribution in [0.25, 0.3) is 11.3 Å². The average Bonchev–Trinajstić information content (AvgIpc) is 3.17. The van der Waals surface area contributed by atoms with Gasteiger partial charge in [-0.05, 0) is 42.3 Å². The number of rotatable bonds is 5. The summed E-state index contributed by atoms with van der Waals surface area (Å²) in [7, 11) is 0. The van der Waals surface area contributed by atoms with E-state index >= 15 is 0 Å². The van der Waals surface area contributed by atoms with Crippen molar-refractivity contribution < 1.29 is 35.5 Å². The predicted molar refractivity (Wildman–Crippen MR) is 118 cm³/mol. The lowest BCUT2D eigenvalue weighted by Crippen LogP contribution is -2.42. The Labute approximate surface area is 207 Å². The zero-order valence-corrected chi connectivity index (χ0v) is 19.3. The average molecular weight is 537 g/mol. The largest absolute Gasteiger partial charge is 0.449 e. The third-order valence-electron chi connectivity index (χ3n) is 5.74. The highest BCUT2D eigenvalue weighted by atomic mass is 35.5. The zero-order chi connectivity index (χ0) is 25.5. The molecule has 1 atom stereocenters. The van der Waals surface area contributed by atoms with E-state index in [2.05, 4.69) is 4.98 Å². The number of alkyl halides is 3. The lowest BCUT2D eigenvalue weighted by Gasteiger charge is -2.30. The van der Waals surface area contributed by atoms with Crippen LogP contribution in [0.5, 0.6) is 0 Å². The molecule has 3 aromatic rings. The molecule has 13 heteroatoms. The van der Waals surface area contributed by atoms with Crippen LogP contribution in [-0.2, 0) is 30.5 Å². The molecule has 2 aromatic carbocycles. The van der Waals surface area contributed by atoms with Crippen LogP contribution in [0, 0.1) is 23.3 Å². The van der Waals surface area contributed by atoms with Gasteiger partial charge in [-0.2, -0.15) is 13.2 Å². The highest BCUT2D eigenvalue weighted by molar-refractivity contribution is 5.85. The number of halogens is 8. The van der Waals surface area contributed by atoms with Crippen molar-refractivity contribution in [2.75, 3.05) is 6.54 Å². The van der Waals surface area contributed by atoms with Crippen LogP contribution < -0.4 is 5.73 Å². The number of carbonyl (C=O) groups excluding carboxylic acids is 1. The van der Waals surface area contributed by atoms with Crippen LogP contribution >= 0.6 is 12.4 Å². The van der Waals surface area contributed by atoms with E-state index in [0.29, 0.717) is 12.1 Å². The number of hydrogen-bond donors (Lipinski definition) is 1. The second-order valence-electron chi connectivity index (χ2n) is 8.23. The van der Waals surface area contributed by atoms with Crippen molar-refractivity contribution in [1.29, 1.82) is 0 Å². The molecule has 0 bridgehead atoms. The molecule has 0 radical (unpaired) electrons. The second kappa shape index (κ2) is 10.5. The normalized spacial score (nSPS) is 14.3. The molecule has 1 aliphatic rings. The molecule has 5 nitrogen and oxygen atoms in total. The molecule has 2 heterocycles. The Balaban J connectivity index is 0.00000361. The van der Waals surface area contributed by atoms with E-state index in [0.717, 1.165) is 16.7 Å². The first kappa shape index (κ1) is 27.5. The third-order valence-corrected chi connectivity index (χ3v) is 5.74. The number of nitrogens with zero attached hydrogens (tertiary/aromatic N) is 3. The molecule has 194 valence electrons. The van der Waals surface area contributed by atoms with Crippen molar-refractivity contribution in [1.82, 2.24) is 14.5 Å². The summed E-state index contributed by atoms with van der Waals surface area (Å²) in [6, 6.07) is 4.89. The first-order valence-electron chi connectivity index (χ1n) is 10.5. The number of hydrogen-bond acceptors (Lipinski definition) is 3. The monoisotopic (exact) mass is 536 g/mol. The van der Waals surface area contributed by atoms with Crippen LogP contribution in [0.2, 0.25) is 0 Å². The number of benzene rings is 2. The van der Waals surface area contributed by atoms with Gasteiger partial charge >= 0.3 is 6.18 Å². The molecule has 0 saturated heterocycles. The van der Waals surface area contributed by atoms with Crippen LogP contribution in [0.15, 0.2) is 36.4 Å². The van der Waals surface area contributed by atoms with Crippen molar-refractivity contribution in [2.24, 2.45) is 5.73 Å². The van der Waals surface area contributed by atoms with E-state index in [9.17, 15) is 35.5 Å². The minimum atomic E-state index is -4.74. The molecule has 0 fully saturated rings. The summed E-state index contributed by atoms with van der Waals surface area (Å²) in [5, 5.41) is 0. The highest BCUT2D eigenvalue weighted by Gasteiger charge is 2.40. The molecule has 4 rings (SSSR count). The van der Waals surface area contributed by atoms with E-state index < -0.39 is 47.2 Å². The van der Waals surface area contributed by atoms with Crippen LogP contribution in [0.4, 0.5) is 30.7 Å². The van der Waals surface area contributed by atoms with E-state index in [1.54, 1.807) is 0 Å². The molecule has 1 aliphatic heterocycles. The van der Waals surface area contributed by atoms with Crippen LogP contribution in [0.3, 0.4) is 0 Å². The van der Waals surface area contributed by atoms with Gasteiger partial charge in [-0.3, -0.25) is 4.79 Å². The highest BCUT2D eigenvalue weighted by Crippen LogP contribution is 2.36. The molecule has 36 heavy (non-hydrogen) atoms. The molecule has 0 saturated carbocycles. The van der Waals surface area contributed by atoms with Gasteiger partial charge in [-0.1, -0.05) is 0 Å². The lowest BCUT2D eigenvalue weighted by atomic mass is 10.0. The fourth-order valence-corrected chi connectivity index (χ4v) is 4.06. The van der Waals surface area contributed by atoms with E-state index in [1.807, 2.05) is 0 Å².